The highest BCUT2D eigenvalue weighted by Gasteiger charge is 2.11. The number of benzene rings is 1. The van der Waals surface area contributed by atoms with Crippen LogP contribution in [-0.2, 0) is 9.53 Å². The fourth-order valence-electron chi connectivity index (χ4n) is 1.59. The first kappa shape index (κ1) is 15.0. The zero-order valence-electron chi connectivity index (χ0n) is 10.8. The third-order valence-corrected chi connectivity index (χ3v) is 3.12. The van der Waals surface area contributed by atoms with Gasteiger partial charge in [0.2, 0.25) is 5.91 Å². The van der Waals surface area contributed by atoms with Gasteiger partial charge in [0.15, 0.2) is 0 Å². The van der Waals surface area contributed by atoms with Crippen LogP contribution >= 0.6 is 15.9 Å². The third kappa shape index (κ3) is 4.66. The van der Waals surface area contributed by atoms with Crippen molar-refractivity contribution in [3.05, 3.63) is 22.7 Å². The number of methoxy groups -OCH3 is 2. The summed E-state index contributed by atoms with van der Waals surface area (Å²) in [7, 11) is 3.22. The van der Waals surface area contributed by atoms with Crippen molar-refractivity contribution in [2.75, 3.05) is 26.1 Å². The first-order chi connectivity index (χ1) is 8.56. The molecular weight excluding hydrogens is 298 g/mol. The van der Waals surface area contributed by atoms with Gasteiger partial charge in [0.05, 0.1) is 12.8 Å². The lowest BCUT2D eigenvalue weighted by molar-refractivity contribution is -0.117. The normalized spacial score (nSPS) is 12.0. The van der Waals surface area contributed by atoms with Crippen LogP contribution in [0.5, 0.6) is 5.75 Å². The number of halogens is 1. The number of amides is 1. The molecule has 0 radical (unpaired) electrons. The number of carbonyl (C=O) groups is 1. The molecule has 0 aliphatic rings. The Morgan fingerprint density at radius 1 is 1.44 bits per heavy atom. The van der Waals surface area contributed by atoms with Crippen molar-refractivity contribution >= 4 is 27.5 Å². The highest BCUT2D eigenvalue weighted by molar-refractivity contribution is 9.10. The monoisotopic (exact) mass is 315 g/mol. The fourth-order valence-corrected chi connectivity index (χ4v) is 1.93. The Labute approximate surface area is 116 Å². The third-order valence-electron chi connectivity index (χ3n) is 2.43. The lowest BCUT2D eigenvalue weighted by atomic mass is 10.1. The van der Waals surface area contributed by atoms with Gasteiger partial charge in [-0.05, 0) is 34.0 Å². The summed E-state index contributed by atoms with van der Waals surface area (Å²) in [6.45, 7) is 2.55. The van der Waals surface area contributed by atoms with E-state index in [0.29, 0.717) is 24.5 Å². The number of carbonyl (C=O) groups excluding carboxylic acids is 1. The smallest absolute Gasteiger partial charge is 0.224 e. The molecule has 1 N–H and O–H groups in total. The van der Waals surface area contributed by atoms with Crippen molar-refractivity contribution in [3.8, 4) is 5.75 Å². The number of ether oxygens (including phenoxy) is 2. The van der Waals surface area contributed by atoms with Crippen molar-refractivity contribution in [1.29, 1.82) is 0 Å². The summed E-state index contributed by atoms with van der Waals surface area (Å²) in [6.07, 6.45) is 0.428. The first-order valence-electron chi connectivity index (χ1n) is 5.69. The quantitative estimate of drug-likeness (QED) is 0.877. The van der Waals surface area contributed by atoms with Crippen LogP contribution in [0.3, 0.4) is 0 Å². The maximum Gasteiger partial charge on any atom is 0.224 e. The van der Waals surface area contributed by atoms with Gasteiger partial charge in [-0.3, -0.25) is 4.79 Å². The number of nitrogens with one attached hydrogen (secondary N) is 1. The van der Waals surface area contributed by atoms with Crippen molar-refractivity contribution in [2.45, 2.75) is 13.3 Å². The van der Waals surface area contributed by atoms with E-state index in [1.54, 1.807) is 20.3 Å². The van der Waals surface area contributed by atoms with Gasteiger partial charge < -0.3 is 14.8 Å². The standard InChI is InChI=1S/C13H18BrNO3/c1-9(8-17-2)6-13(16)15-12-7-10(18-3)4-5-11(12)14/h4-5,7,9H,6,8H2,1-3H3,(H,15,16). The molecule has 1 rings (SSSR count). The van der Waals surface area contributed by atoms with E-state index in [9.17, 15) is 4.79 Å². The summed E-state index contributed by atoms with van der Waals surface area (Å²) >= 11 is 3.39. The molecule has 1 aromatic rings. The molecule has 1 atom stereocenters. The molecule has 5 heteroatoms. The van der Waals surface area contributed by atoms with Gasteiger partial charge in [-0.1, -0.05) is 6.92 Å². The van der Waals surface area contributed by atoms with Crippen LogP contribution in [-0.4, -0.2) is 26.7 Å². The molecule has 0 aliphatic carbocycles. The summed E-state index contributed by atoms with van der Waals surface area (Å²) in [5.41, 5.74) is 0.712. The predicted molar refractivity (Wildman–Crippen MR) is 75.0 cm³/mol. The van der Waals surface area contributed by atoms with Gasteiger partial charge in [-0.15, -0.1) is 0 Å². The second-order valence-corrected chi connectivity index (χ2v) is 5.01. The first-order valence-corrected chi connectivity index (χ1v) is 6.48. The van der Waals surface area contributed by atoms with E-state index >= 15 is 0 Å². The predicted octanol–water partition coefficient (Wildman–Crippen LogP) is 3.07. The largest absolute Gasteiger partial charge is 0.497 e. The Hall–Kier alpha value is -1.07. The SMILES string of the molecule is COCC(C)CC(=O)Nc1cc(OC)ccc1Br. The van der Waals surface area contributed by atoms with E-state index in [0.717, 1.165) is 4.47 Å². The minimum absolute atomic E-state index is 0.0338. The summed E-state index contributed by atoms with van der Waals surface area (Å²) in [5.74, 6) is 0.867. The maximum absolute atomic E-state index is 11.8. The molecule has 1 unspecified atom stereocenters. The van der Waals surface area contributed by atoms with Gasteiger partial charge in [0.25, 0.3) is 0 Å². The van der Waals surface area contributed by atoms with Crippen LogP contribution in [0.1, 0.15) is 13.3 Å². The van der Waals surface area contributed by atoms with E-state index in [4.69, 9.17) is 9.47 Å². The highest BCUT2D eigenvalue weighted by atomic mass is 79.9. The molecule has 0 fully saturated rings. The molecule has 0 aromatic heterocycles. The lowest BCUT2D eigenvalue weighted by Gasteiger charge is -2.12. The van der Waals surface area contributed by atoms with E-state index in [1.165, 1.54) is 0 Å². The van der Waals surface area contributed by atoms with E-state index in [1.807, 2.05) is 19.1 Å². The van der Waals surface area contributed by atoms with Crippen molar-refractivity contribution in [3.63, 3.8) is 0 Å². The molecule has 0 aliphatic heterocycles. The van der Waals surface area contributed by atoms with Crippen molar-refractivity contribution < 1.29 is 14.3 Å². The van der Waals surface area contributed by atoms with E-state index in [-0.39, 0.29) is 11.8 Å². The van der Waals surface area contributed by atoms with Crippen molar-refractivity contribution in [1.82, 2.24) is 0 Å². The summed E-state index contributed by atoms with van der Waals surface area (Å²) in [6, 6.07) is 5.45. The fraction of sp³-hybridized carbons (Fsp3) is 0.462. The summed E-state index contributed by atoms with van der Waals surface area (Å²) in [5, 5.41) is 2.85. The second kappa shape index (κ2) is 7.38. The Bertz CT molecular complexity index is 409. The zero-order chi connectivity index (χ0) is 13.5. The van der Waals surface area contributed by atoms with Crippen LogP contribution in [0, 0.1) is 5.92 Å². The summed E-state index contributed by atoms with van der Waals surface area (Å²) in [4.78, 5) is 11.8. The Morgan fingerprint density at radius 2 is 2.17 bits per heavy atom. The Balaban J connectivity index is 2.63. The number of anilines is 1. The van der Waals surface area contributed by atoms with Crippen LogP contribution in [0.2, 0.25) is 0 Å². The maximum atomic E-state index is 11.8. The van der Waals surface area contributed by atoms with Gasteiger partial charge in [0.1, 0.15) is 5.75 Å². The molecule has 0 spiro atoms. The summed E-state index contributed by atoms with van der Waals surface area (Å²) < 4.78 is 11.0. The van der Waals surface area contributed by atoms with Crippen LogP contribution in [0.25, 0.3) is 0 Å². The molecule has 100 valence electrons. The molecule has 18 heavy (non-hydrogen) atoms. The minimum Gasteiger partial charge on any atom is -0.497 e. The van der Waals surface area contributed by atoms with Gasteiger partial charge in [0, 0.05) is 30.7 Å². The topological polar surface area (TPSA) is 47.6 Å². The highest BCUT2D eigenvalue weighted by Crippen LogP contribution is 2.27. The zero-order valence-corrected chi connectivity index (χ0v) is 12.4. The van der Waals surface area contributed by atoms with Gasteiger partial charge in [-0.25, -0.2) is 0 Å². The molecule has 1 aromatic carbocycles. The second-order valence-electron chi connectivity index (χ2n) is 4.16. The molecule has 0 saturated carbocycles. The van der Waals surface area contributed by atoms with Gasteiger partial charge in [-0.2, -0.15) is 0 Å². The molecular formula is C13H18BrNO3. The average Bonchev–Trinajstić information content (AvgIpc) is 2.32. The van der Waals surface area contributed by atoms with Crippen molar-refractivity contribution in [2.24, 2.45) is 5.92 Å². The number of hydrogen-bond donors (Lipinski definition) is 1. The molecule has 0 heterocycles. The number of rotatable bonds is 6. The Morgan fingerprint density at radius 3 is 2.78 bits per heavy atom. The van der Waals surface area contributed by atoms with Crippen LogP contribution in [0.15, 0.2) is 22.7 Å². The Kier molecular flexibility index (Phi) is 6.15. The van der Waals surface area contributed by atoms with Gasteiger partial charge >= 0.3 is 0 Å². The molecule has 0 saturated heterocycles. The lowest BCUT2D eigenvalue weighted by Crippen LogP contribution is -2.17. The molecule has 0 bridgehead atoms. The average molecular weight is 316 g/mol. The minimum atomic E-state index is -0.0338. The van der Waals surface area contributed by atoms with E-state index in [2.05, 4.69) is 21.2 Å². The number of hydrogen-bond acceptors (Lipinski definition) is 3. The molecule has 4 nitrogen and oxygen atoms in total. The van der Waals surface area contributed by atoms with Crippen LogP contribution in [0.4, 0.5) is 5.69 Å². The van der Waals surface area contributed by atoms with Crippen LogP contribution < -0.4 is 10.1 Å². The molecule has 1 amide bonds. The van der Waals surface area contributed by atoms with E-state index < -0.39 is 0 Å².